The largest absolute Gasteiger partial charge is 0.416 e. The Morgan fingerprint density at radius 1 is 1.03 bits per heavy atom. The summed E-state index contributed by atoms with van der Waals surface area (Å²) in [6.07, 6.45) is -3.41. The fourth-order valence-electron chi connectivity index (χ4n) is 3.57. The van der Waals surface area contributed by atoms with Gasteiger partial charge in [0.15, 0.2) is 0 Å². The molecule has 170 valence electrons. The molecule has 0 saturated carbocycles. The van der Waals surface area contributed by atoms with Crippen LogP contribution in [0.15, 0.2) is 66.7 Å². The summed E-state index contributed by atoms with van der Waals surface area (Å²) in [5, 5.41) is 0.592. The number of sulfonamides is 1. The lowest BCUT2D eigenvalue weighted by molar-refractivity contribution is -0.137. The van der Waals surface area contributed by atoms with E-state index in [0.717, 1.165) is 24.0 Å². The van der Waals surface area contributed by atoms with Gasteiger partial charge in [0.2, 0.25) is 10.0 Å². The van der Waals surface area contributed by atoms with E-state index in [2.05, 4.69) is 9.97 Å². The summed E-state index contributed by atoms with van der Waals surface area (Å²) >= 11 is 0. The average Bonchev–Trinajstić information content (AvgIpc) is 3.10. The molecule has 0 saturated heterocycles. The van der Waals surface area contributed by atoms with Crippen molar-refractivity contribution in [1.29, 1.82) is 0 Å². The van der Waals surface area contributed by atoms with E-state index in [1.54, 1.807) is 12.1 Å². The second kappa shape index (κ2) is 8.36. The standard InChI is InChI=1S/C23H18F3N3O3S/c1-33(31,32)29-22(30)19-9-5-8-16(27-19)13-18-17-11-10-15(23(24,25)26)12-20(17)28-21(18)14-6-3-2-4-7-14/h2-12,28H,13H2,1H3,(H,29,30). The normalized spacial score (nSPS) is 12.1. The van der Waals surface area contributed by atoms with Crippen molar-refractivity contribution in [3.8, 4) is 11.3 Å². The molecule has 0 spiro atoms. The number of H-pyrrole nitrogens is 1. The Bertz CT molecular complexity index is 1450. The van der Waals surface area contributed by atoms with Crippen molar-refractivity contribution in [1.82, 2.24) is 14.7 Å². The molecule has 4 rings (SSSR count). The van der Waals surface area contributed by atoms with Crippen molar-refractivity contribution in [3.05, 3.63) is 89.2 Å². The van der Waals surface area contributed by atoms with Crippen LogP contribution in [0.2, 0.25) is 0 Å². The summed E-state index contributed by atoms with van der Waals surface area (Å²) < 4.78 is 64.3. The van der Waals surface area contributed by atoms with Gasteiger partial charge in [0, 0.05) is 23.0 Å². The van der Waals surface area contributed by atoms with Gasteiger partial charge in [-0.1, -0.05) is 42.5 Å². The molecule has 4 aromatic rings. The molecule has 2 aromatic heterocycles. The number of hydrogen-bond acceptors (Lipinski definition) is 4. The van der Waals surface area contributed by atoms with Gasteiger partial charge in [-0.15, -0.1) is 0 Å². The Hall–Kier alpha value is -3.66. The zero-order chi connectivity index (χ0) is 23.8. The van der Waals surface area contributed by atoms with E-state index < -0.39 is 27.7 Å². The highest BCUT2D eigenvalue weighted by molar-refractivity contribution is 7.89. The maximum absolute atomic E-state index is 13.2. The predicted molar refractivity (Wildman–Crippen MR) is 118 cm³/mol. The molecule has 0 aliphatic rings. The molecule has 2 heterocycles. The molecular weight excluding hydrogens is 455 g/mol. The molecule has 0 radical (unpaired) electrons. The first kappa shape index (κ1) is 22.5. The summed E-state index contributed by atoms with van der Waals surface area (Å²) in [7, 11) is -3.76. The smallest absolute Gasteiger partial charge is 0.354 e. The lowest BCUT2D eigenvalue weighted by Crippen LogP contribution is -2.30. The molecule has 10 heteroatoms. The van der Waals surface area contributed by atoms with Crippen molar-refractivity contribution >= 4 is 26.8 Å². The SMILES string of the molecule is CS(=O)(=O)NC(=O)c1cccc(Cc2c(-c3ccccc3)[nH]c3cc(C(F)(F)F)ccc23)n1. The molecule has 0 aliphatic heterocycles. The second-order valence-electron chi connectivity index (χ2n) is 7.50. The third-order valence-corrected chi connectivity index (χ3v) is 5.53. The van der Waals surface area contributed by atoms with Crippen molar-refractivity contribution in [2.24, 2.45) is 0 Å². The van der Waals surface area contributed by atoms with Gasteiger partial charge in [0.25, 0.3) is 5.91 Å². The van der Waals surface area contributed by atoms with E-state index in [9.17, 15) is 26.4 Å². The van der Waals surface area contributed by atoms with Crippen molar-refractivity contribution in [2.45, 2.75) is 12.6 Å². The summed E-state index contributed by atoms with van der Waals surface area (Å²) in [5.41, 5.74) is 2.05. The maximum Gasteiger partial charge on any atom is 0.416 e. The number of amides is 1. The highest BCUT2D eigenvalue weighted by Crippen LogP contribution is 2.36. The fraction of sp³-hybridized carbons (Fsp3) is 0.130. The number of rotatable bonds is 5. The zero-order valence-electron chi connectivity index (χ0n) is 17.3. The summed E-state index contributed by atoms with van der Waals surface area (Å²) in [6, 6.07) is 17.3. The number of carbonyl (C=O) groups excluding carboxylic acids is 1. The van der Waals surface area contributed by atoms with Gasteiger partial charge >= 0.3 is 6.18 Å². The van der Waals surface area contributed by atoms with Crippen LogP contribution >= 0.6 is 0 Å². The third kappa shape index (κ3) is 5.06. The number of nitrogens with one attached hydrogen (secondary N) is 2. The molecule has 33 heavy (non-hydrogen) atoms. The number of nitrogens with zero attached hydrogens (tertiary/aromatic N) is 1. The van der Waals surface area contributed by atoms with Crippen LogP contribution < -0.4 is 4.72 Å². The van der Waals surface area contributed by atoms with Crippen LogP contribution in [0.3, 0.4) is 0 Å². The summed E-state index contributed by atoms with van der Waals surface area (Å²) in [6.45, 7) is 0. The molecule has 0 bridgehead atoms. The van der Waals surface area contributed by atoms with E-state index in [-0.39, 0.29) is 12.1 Å². The molecule has 2 N–H and O–H groups in total. The Morgan fingerprint density at radius 3 is 2.42 bits per heavy atom. The molecule has 6 nitrogen and oxygen atoms in total. The number of alkyl halides is 3. The monoisotopic (exact) mass is 473 g/mol. The van der Waals surface area contributed by atoms with Crippen LogP contribution in [0.1, 0.15) is 27.3 Å². The Morgan fingerprint density at radius 2 is 1.76 bits per heavy atom. The first-order valence-electron chi connectivity index (χ1n) is 9.76. The third-order valence-electron chi connectivity index (χ3n) is 4.97. The molecular formula is C23H18F3N3O3S. The van der Waals surface area contributed by atoms with Gasteiger partial charge in [0.05, 0.1) is 17.5 Å². The van der Waals surface area contributed by atoms with E-state index in [1.807, 2.05) is 35.1 Å². The van der Waals surface area contributed by atoms with Crippen LogP contribution in [0.25, 0.3) is 22.2 Å². The van der Waals surface area contributed by atoms with Gasteiger partial charge < -0.3 is 4.98 Å². The number of halogens is 3. The van der Waals surface area contributed by atoms with Gasteiger partial charge in [-0.2, -0.15) is 13.2 Å². The highest BCUT2D eigenvalue weighted by Gasteiger charge is 2.31. The second-order valence-corrected chi connectivity index (χ2v) is 9.25. The van der Waals surface area contributed by atoms with E-state index in [1.165, 1.54) is 12.1 Å². The maximum atomic E-state index is 13.2. The minimum absolute atomic E-state index is 0.0848. The number of aromatic nitrogens is 2. The molecule has 2 aromatic carbocycles. The molecule has 1 amide bonds. The van der Waals surface area contributed by atoms with Crippen LogP contribution in [-0.2, 0) is 22.6 Å². The molecule has 0 atom stereocenters. The zero-order valence-corrected chi connectivity index (χ0v) is 18.1. The van der Waals surface area contributed by atoms with Crippen molar-refractivity contribution < 1.29 is 26.4 Å². The molecule has 0 unspecified atom stereocenters. The van der Waals surface area contributed by atoms with E-state index in [0.29, 0.717) is 27.9 Å². The van der Waals surface area contributed by atoms with Gasteiger partial charge in [0.1, 0.15) is 5.69 Å². The Balaban J connectivity index is 1.80. The number of fused-ring (bicyclic) bond motifs is 1. The number of carbonyl (C=O) groups is 1. The minimum atomic E-state index is -4.48. The van der Waals surface area contributed by atoms with Crippen LogP contribution in [0.5, 0.6) is 0 Å². The van der Waals surface area contributed by atoms with Crippen LogP contribution in [0, 0.1) is 0 Å². The van der Waals surface area contributed by atoms with Gasteiger partial charge in [-0.05, 0) is 35.4 Å². The molecule has 0 fully saturated rings. The quantitative estimate of drug-likeness (QED) is 0.446. The van der Waals surface area contributed by atoms with Crippen LogP contribution in [0.4, 0.5) is 13.2 Å². The number of aromatic amines is 1. The topological polar surface area (TPSA) is 91.9 Å². The summed E-state index contributed by atoms with van der Waals surface area (Å²) in [4.78, 5) is 19.5. The predicted octanol–water partition coefficient (Wildman–Crippen LogP) is 4.53. The minimum Gasteiger partial charge on any atom is -0.354 e. The number of pyridine rings is 1. The van der Waals surface area contributed by atoms with Gasteiger partial charge in [-0.25, -0.2) is 18.1 Å². The lowest BCUT2D eigenvalue weighted by atomic mass is 10.00. The van der Waals surface area contributed by atoms with Crippen molar-refractivity contribution in [3.63, 3.8) is 0 Å². The Labute approximate surface area is 187 Å². The molecule has 0 aliphatic carbocycles. The highest BCUT2D eigenvalue weighted by atomic mass is 32.2. The number of benzene rings is 2. The fourth-order valence-corrected chi connectivity index (χ4v) is 4.01. The Kier molecular flexibility index (Phi) is 5.71. The average molecular weight is 473 g/mol. The summed E-state index contributed by atoms with van der Waals surface area (Å²) in [5.74, 6) is -0.864. The van der Waals surface area contributed by atoms with Crippen LogP contribution in [-0.4, -0.2) is 30.5 Å². The number of hydrogen-bond donors (Lipinski definition) is 2. The first-order chi connectivity index (χ1) is 15.5. The van der Waals surface area contributed by atoms with E-state index in [4.69, 9.17) is 0 Å². The van der Waals surface area contributed by atoms with Crippen molar-refractivity contribution in [2.75, 3.05) is 6.26 Å². The van der Waals surface area contributed by atoms with E-state index >= 15 is 0 Å². The van der Waals surface area contributed by atoms with Gasteiger partial charge in [-0.3, -0.25) is 4.79 Å². The first-order valence-corrected chi connectivity index (χ1v) is 11.7. The lowest BCUT2D eigenvalue weighted by Gasteiger charge is -2.08.